The molecule has 5 aromatic rings. The van der Waals surface area contributed by atoms with Crippen LogP contribution in [0.5, 0.6) is 0 Å². The molecule has 2 aromatic carbocycles. The summed E-state index contributed by atoms with van der Waals surface area (Å²) in [6.07, 6.45) is 3.11. The third kappa shape index (κ3) is 4.89. The van der Waals surface area contributed by atoms with Crippen molar-refractivity contribution < 1.29 is 8.81 Å². The molecule has 3 aromatic heterocycles. The second kappa shape index (κ2) is 9.80. The summed E-state index contributed by atoms with van der Waals surface area (Å²) in [6.45, 7) is 0. The minimum absolute atomic E-state index is 0.0168. The molecule has 12 heteroatoms. The fourth-order valence-electron chi connectivity index (χ4n) is 3.05. The second-order valence-corrected chi connectivity index (χ2v) is 8.69. The minimum Gasteiger partial charge on any atom is -0.411 e. The van der Waals surface area contributed by atoms with Crippen LogP contribution < -0.4 is 5.32 Å². The zero-order valence-corrected chi connectivity index (χ0v) is 19.5. The molecule has 0 bridgehead atoms. The van der Waals surface area contributed by atoms with E-state index in [1.807, 2.05) is 30.3 Å². The number of para-hydroxylation sites is 1. The lowest BCUT2D eigenvalue weighted by atomic mass is 10.2. The van der Waals surface area contributed by atoms with Crippen LogP contribution in [-0.4, -0.2) is 30.2 Å². The fraction of sp³-hybridized carbons (Fsp3) is 0.0455. The number of thioether (sulfide) groups is 1. The summed E-state index contributed by atoms with van der Waals surface area (Å²) < 4.78 is 21.9. The second-order valence-electron chi connectivity index (χ2n) is 6.92. The lowest BCUT2D eigenvalue weighted by Gasteiger charge is -2.09. The number of halogens is 3. The van der Waals surface area contributed by atoms with E-state index in [0.717, 1.165) is 5.69 Å². The first kappa shape index (κ1) is 22.3. The van der Waals surface area contributed by atoms with Crippen LogP contribution in [-0.2, 0) is 5.75 Å². The van der Waals surface area contributed by atoms with Crippen molar-refractivity contribution >= 4 is 46.5 Å². The van der Waals surface area contributed by atoms with Crippen molar-refractivity contribution in [2.75, 3.05) is 5.32 Å². The van der Waals surface area contributed by atoms with Gasteiger partial charge in [-0.1, -0.05) is 58.4 Å². The van der Waals surface area contributed by atoms with Crippen LogP contribution in [0.15, 0.2) is 76.6 Å². The zero-order chi connectivity index (χ0) is 23.5. The summed E-state index contributed by atoms with van der Waals surface area (Å²) >= 11 is 13.4. The van der Waals surface area contributed by atoms with Gasteiger partial charge in [0, 0.05) is 22.7 Å². The smallest absolute Gasteiger partial charge is 0.277 e. The Balaban J connectivity index is 1.32. The van der Waals surface area contributed by atoms with Crippen LogP contribution in [0.25, 0.3) is 17.1 Å². The Bertz CT molecular complexity index is 1440. The van der Waals surface area contributed by atoms with Crippen molar-refractivity contribution in [3.05, 3.63) is 88.5 Å². The predicted octanol–water partition coefficient (Wildman–Crippen LogP) is 6.19. The van der Waals surface area contributed by atoms with E-state index in [0.29, 0.717) is 27.2 Å². The molecule has 5 rings (SSSR count). The highest BCUT2D eigenvalue weighted by molar-refractivity contribution is 7.98. The van der Waals surface area contributed by atoms with Crippen LogP contribution >= 0.6 is 35.0 Å². The standard InChI is InChI=1S/C22H14Cl2FN7OS/c23-13-6-7-18(16(24)10-13)32-11-15(28-31-32)12-34-22-30-29-21(33-22)19-17(25)8-9-26-20(19)27-14-4-2-1-3-5-14/h1-11H,12H2,(H,26,27). The first-order valence-corrected chi connectivity index (χ1v) is 11.6. The number of pyridine rings is 1. The molecule has 3 heterocycles. The quantitative estimate of drug-likeness (QED) is 0.257. The normalized spacial score (nSPS) is 11.0. The Kier molecular flexibility index (Phi) is 6.43. The highest BCUT2D eigenvalue weighted by atomic mass is 35.5. The molecule has 0 aliphatic heterocycles. The maximum Gasteiger partial charge on any atom is 0.277 e. The van der Waals surface area contributed by atoms with Crippen LogP contribution in [0.2, 0.25) is 10.0 Å². The Labute approximate surface area is 207 Å². The molecule has 34 heavy (non-hydrogen) atoms. The van der Waals surface area contributed by atoms with Gasteiger partial charge in [-0.15, -0.1) is 15.3 Å². The van der Waals surface area contributed by atoms with Gasteiger partial charge < -0.3 is 9.73 Å². The lowest BCUT2D eigenvalue weighted by molar-refractivity contribution is 0.462. The third-order valence-electron chi connectivity index (χ3n) is 4.60. The molecule has 0 amide bonds. The van der Waals surface area contributed by atoms with Gasteiger partial charge in [-0.3, -0.25) is 0 Å². The van der Waals surface area contributed by atoms with Crippen LogP contribution in [0.1, 0.15) is 5.69 Å². The first-order valence-electron chi connectivity index (χ1n) is 9.87. The minimum atomic E-state index is -0.531. The Morgan fingerprint density at radius 2 is 1.88 bits per heavy atom. The van der Waals surface area contributed by atoms with Gasteiger partial charge in [0.2, 0.25) is 0 Å². The van der Waals surface area contributed by atoms with E-state index in [1.165, 1.54) is 24.0 Å². The molecule has 0 aliphatic rings. The Morgan fingerprint density at radius 1 is 1.03 bits per heavy atom. The molecule has 0 fully saturated rings. The molecule has 0 atom stereocenters. The zero-order valence-electron chi connectivity index (χ0n) is 17.2. The van der Waals surface area contributed by atoms with E-state index >= 15 is 0 Å². The average molecular weight is 514 g/mol. The summed E-state index contributed by atoms with van der Waals surface area (Å²) in [5.41, 5.74) is 2.16. The molecule has 0 aliphatic carbocycles. The van der Waals surface area contributed by atoms with Gasteiger partial charge in [-0.25, -0.2) is 14.1 Å². The van der Waals surface area contributed by atoms with Gasteiger partial charge in [0.15, 0.2) is 0 Å². The molecule has 0 saturated heterocycles. The molecule has 0 saturated carbocycles. The number of nitrogens with zero attached hydrogens (tertiary/aromatic N) is 6. The number of hydrogen-bond acceptors (Lipinski definition) is 8. The molecular formula is C22H14Cl2FN7OS. The highest BCUT2D eigenvalue weighted by Gasteiger charge is 2.20. The van der Waals surface area contributed by atoms with E-state index in [2.05, 4.69) is 30.8 Å². The summed E-state index contributed by atoms with van der Waals surface area (Å²) in [5, 5.41) is 20.6. The van der Waals surface area contributed by atoms with Crippen molar-refractivity contribution in [2.45, 2.75) is 11.0 Å². The summed E-state index contributed by atoms with van der Waals surface area (Å²) in [4.78, 5) is 4.23. The van der Waals surface area contributed by atoms with Gasteiger partial charge in [0.05, 0.1) is 22.6 Å². The first-order chi connectivity index (χ1) is 16.6. The predicted molar refractivity (Wildman–Crippen MR) is 128 cm³/mol. The van der Waals surface area contributed by atoms with Gasteiger partial charge >= 0.3 is 0 Å². The number of anilines is 2. The number of aromatic nitrogens is 6. The molecule has 1 N–H and O–H groups in total. The molecule has 0 spiro atoms. The molecule has 8 nitrogen and oxygen atoms in total. The fourth-order valence-corrected chi connectivity index (χ4v) is 4.18. The molecule has 170 valence electrons. The van der Waals surface area contributed by atoms with E-state index in [4.69, 9.17) is 27.6 Å². The maximum absolute atomic E-state index is 14.7. The highest BCUT2D eigenvalue weighted by Crippen LogP contribution is 2.32. The summed E-state index contributed by atoms with van der Waals surface area (Å²) in [6, 6.07) is 15.6. The van der Waals surface area contributed by atoms with Crippen molar-refractivity contribution in [3.63, 3.8) is 0 Å². The van der Waals surface area contributed by atoms with Gasteiger partial charge in [0.1, 0.15) is 17.2 Å². The largest absolute Gasteiger partial charge is 0.411 e. The molecule has 0 radical (unpaired) electrons. The van der Waals surface area contributed by atoms with E-state index in [-0.39, 0.29) is 22.5 Å². The van der Waals surface area contributed by atoms with Gasteiger partial charge in [-0.05, 0) is 36.4 Å². The van der Waals surface area contributed by atoms with Crippen LogP contribution in [0.3, 0.4) is 0 Å². The summed E-state index contributed by atoms with van der Waals surface area (Å²) in [7, 11) is 0. The monoisotopic (exact) mass is 513 g/mol. The average Bonchev–Trinajstić information content (AvgIpc) is 3.48. The topological polar surface area (TPSA) is 94.6 Å². The van der Waals surface area contributed by atoms with Crippen molar-refractivity contribution in [1.29, 1.82) is 0 Å². The van der Waals surface area contributed by atoms with Crippen LogP contribution in [0, 0.1) is 5.82 Å². The van der Waals surface area contributed by atoms with Gasteiger partial charge in [-0.2, -0.15) is 0 Å². The maximum atomic E-state index is 14.7. The van der Waals surface area contributed by atoms with E-state index < -0.39 is 5.82 Å². The molecule has 0 unspecified atom stereocenters. The number of hydrogen-bond donors (Lipinski definition) is 1. The lowest BCUT2D eigenvalue weighted by Crippen LogP contribution is -1.98. The summed E-state index contributed by atoms with van der Waals surface area (Å²) in [5.74, 6) is 0.158. The number of benzene rings is 2. The van der Waals surface area contributed by atoms with Crippen LogP contribution in [0.4, 0.5) is 15.9 Å². The molecular weight excluding hydrogens is 500 g/mol. The SMILES string of the molecule is Fc1ccnc(Nc2ccccc2)c1-c1nnc(SCc2cn(-c3ccc(Cl)cc3Cl)nn2)o1. The third-order valence-corrected chi connectivity index (χ3v) is 5.99. The van der Waals surface area contributed by atoms with Crippen molar-refractivity contribution in [2.24, 2.45) is 0 Å². The number of nitrogens with one attached hydrogen (secondary N) is 1. The van der Waals surface area contributed by atoms with Crippen molar-refractivity contribution in [3.8, 4) is 17.1 Å². The van der Waals surface area contributed by atoms with Gasteiger partial charge in [0.25, 0.3) is 11.1 Å². The Hall–Kier alpha value is -3.47. The van der Waals surface area contributed by atoms with Crippen molar-refractivity contribution in [1.82, 2.24) is 30.2 Å². The number of rotatable bonds is 7. The Morgan fingerprint density at radius 3 is 2.71 bits per heavy atom. The van der Waals surface area contributed by atoms with E-state index in [9.17, 15) is 4.39 Å². The van der Waals surface area contributed by atoms with E-state index in [1.54, 1.807) is 29.1 Å².